The van der Waals surface area contributed by atoms with Gasteiger partial charge in [-0.05, 0) is 33.6 Å². The van der Waals surface area contributed by atoms with Gasteiger partial charge in [0.1, 0.15) is 0 Å². The average molecular weight is 171 g/mol. The number of hydrogen-bond acceptors (Lipinski definition) is 2. The summed E-state index contributed by atoms with van der Waals surface area (Å²) in [4.78, 5) is 16.7. The van der Waals surface area contributed by atoms with Crippen molar-refractivity contribution in [3.05, 3.63) is 0 Å². The van der Waals surface area contributed by atoms with E-state index in [0.29, 0.717) is 6.42 Å². The summed E-state index contributed by atoms with van der Waals surface area (Å²) in [6.45, 7) is 6.61. The lowest BCUT2D eigenvalue weighted by atomic mass is 10.1. The molecule has 3 heteroatoms. The van der Waals surface area contributed by atoms with Gasteiger partial charge in [-0.1, -0.05) is 0 Å². The van der Waals surface area contributed by atoms with Crippen LogP contribution in [0.3, 0.4) is 0 Å². The van der Waals surface area contributed by atoms with E-state index in [0.717, 1.165) is 19.4 Å². The molecule has 1 amide bonds. The summed E-state index contributed by atoms with van der Waals surface area (Å²) in [5.41, 5.74) is -0.257. The Bertz CT molecular complexity index is 172. The highest BCUT2D eigenvalue weighted by atomic mass is 16.7. The SMILES string of the molecule is CC(C)(C)ON1CCCCC1=O. The Kier molecular flexibility index (Phi) is 2.73. The number of nitrogens with zero attached hydrogens (tertiary/aromatic N) is 1. The first-order chi connectivity index (χ1) is 5.49. The van der Waals surface area contributed by atoms with Crippen molar-refractivity contribution in [1.82, 2.24) is 5.06 Å². The van der Waals surface area contributed by atoms with Crippen LogP contribution in [0.5, 0.6) is 0 Å². The molecule has 0 N–H and O–H groups in total. The Morgan fingerprint density at radius 2 is 2.00 bits per heavy atom. The van der Waals surface area contributed by atoms with Crippen LogP contribution in [0.1, 0.15) is 40.0 Å². The van der Waals surface area contributed by atoms with E-state index in [1.807, 2.05) is 20.8 Å². The van der Waals surface area contributed by atoms with Gasteiger partial charge in [0.05, 0.1) is 5.60 Å². The largest absolute Gasteiger partial charge is 0.273 e. The number of piperidine rings is 1. The molecule has 0 aromatic heterocycles. The van der Waals surface area contributed by atoms with Gasteiger partial charge in [0.25, 0.3) is 0 Å². The number of amides is 1. The lowest BCUT2D eigenvalue weighted by Crippen LogP contribution is -2.41. The molecular formula is C9H17NO2. The van der Waals surface area contributed by atoms with Crippen LogP contribution in [0, 0.1) is 0 Å². The summed E-state index contributed by atoms with van der Waals surface area (Å²) in [5, 5.41) is 1.50. The van der Waals surface area contributed by atoms with E-state index in [2.05, 4.69) is 0 Å². The van der Waals surface area contributed by atoms with E-state index in [1.54, 1.807) is 0 Å². The standard InChI is InChI=1S/C9H17NO2/c1-9(2,3)12-10-7-5-4-6-8(10)11/h4-7H2,1-3H3. The molecule has 1 heterocycles. The molecule has 12 heavy (non-hydrogen) atoms. The second-order valence-electron chi connectivity index (χ2n) is 4.16. The second kappa shape index (κ2) is 3.44. The summed E-state index contributed by atoms with van der Waals surface area (Å²) in [6, 6.07) is 0. The zero-order chi connectivity index (χ0) is 9.19. The smallest absolute Gasteiger partial charge is 0.246 e. The molecule has 0 unspecified atom stereocenters. The third-order valence-corrected chi connectivity index (χ3v) is 1.66. The number of hydrogen-bond donors (Lipinski definition) is 0. The van der Waals surface area contributed by atoms with E-state index >= 15 is 0 Å². The van der Waals surface area contributed by atoms with Crippen molar-refractivity contribution in [3.63, 3.8) is 0 Å². The molecule has 0 radical (unpaired) electrons. The minimum absolute atomic E-state index is 0.121. The zero-order valence-corrected chi connectivity index (χ0v) is 8.09. The molecule has 0 bridgehead atoms. The Balaban J connectivity index is 2.45. The van der Waals surface area contributed by atoms with E-state index < -0.39 is 0 Å². The Morgan fingerprint density at radius 1 is 1.33 bits per heavy atom. The number of hydroxylamine groups is 2. The molecule has 1 aliphatic rings. The average Bonchev–Trinajstić information content (AvgIpc) is 1.91. The summed E-state index contributed by atoms with van der Waals surface area (Å²) >= 11 is 0. The topological polar surface area (TPSA) is 29.5 Å². The maximum atomic E-state index is 11.3. The third-order valence-electron chi connectivity index (χ3n) is 1.66. The molecule has 1 rings (SSSR count). The minimum atomic E-state index is -0.257. The van der Waals surface area contributed by atoms with Crippen LogP contribution in [0.2, 0.25) is 0 Å². The fraction of sp³-hybridized carbons (Fsp3) is 0.889. The van der Waals surface area contributed by atoms with Gasteiger partial charge >= 0.3 is 0 Å². The highest BCUT2D eigenvalue weighted by molar-refractivity contribution is 5.75. The zero-order valence-electron chi connectivity index (χ0n) is 8.09. The Morgan fingerprint density at radius 3 is 2.50 bits per heavy atom. The molecule has 70 valence electrons. The van der Waals surface area contributed by atoms with Gasteiger partial charge in [-0.3, -0.25) is 9.63 Å². The van der Waals surface area contributed by atoms with Gasteiger partial charge < -0.3 is 0 Å². The first-order valence-electron chi connectivity index (χ1n) is 4.48. The number of carbonyl (C=O) groups excluding carboxylic acids is 1. The quantitative estimate of drug-likeness (QED) is 0.601. The van der Waals surface area contributed by atoms with E-state index in [-0.39, 0.29) is 11.5 Å². The van der Waals surface area contributed by atoms with Crippen LogP contribution in [0.25, 0.3) is 0 Å². The van der Waals surface area contributed by atoms with Crippen molar-refractivity contribution in [2.24, 2.45) is 0 Å². The minimum Gasteiger partial charge on any atom is -0.273 e. The summed E-state index contributed by atoms with van der Waals surface area (Å²) in [7, 11) is 0. The number of rotatable bonds is 1. The lowest BCUT2D eigenvalue weighted by Gasteiger charge is -2.32. The van der Waals surface area contributed by atoms with Crippen LogP contribution >= 0.6 is 0 Å². The predicted octanol–water partition coefficient (Wildman–Crippen LogP) is 1.73. The lowest BCUT2D eigenvalue weighted by molar-refractivity contribution is -0.231. The maximum Gasteiger partial charge on any atom is 0.246 e. The first-order valence-corrected chi connectivity index (χ1v) is 4.48. The molecule has 3 nitrogen and oxygen atoms in total. The molecular weight excluding hydrogens is 154 g/mol. The Hall–Kier alpha value is -0.570. The maximum absolute atomic E-state index is 11.3. The van der Waals surface area contributed by atoms with Crippen LogP contribution in [-0.2, 0) is 9.63 Å². The van der Waals surface area contributed by atoms with E-state index in [9.17, 15) is 4.79 Å². The summed E-state index contributed by atoms with van der Waals surface area (Å²) in [6.07, 6.45) is 2.70. The van der Waals surface area contributed by atoms with Crippen molar-refractivity contribution in [1.29, 1.82) is 0 Å². The van der Waals surface area contributed by atoms with E-state index in [1.165, 1.54) is 5.06 Å². The van der Waals surface area contributed by atoms with Crippen molar-refractivity contribution in [2.75, 3.05) is 6.54 Å². The van der Waals surface area contributed by atoms with Gasteiger partial charge in [0, 0.05) is 13.0 Å². The Labute approximate surface area is 73.6 Å². The van der Waals surface area contributed by atoms with Crippen molar-refractivity contribution < 1.29 is 9.63 Å². The number of carbonyl (C=O) groups is 1. The first kappa shape index (κ1) is 9.52. The van der Waals surface area contributed by atoms with Gasteiger partial charge in [0.2, 0.25) is 5.91 Å². The second-order valence-corrected chi connectivity index (χ2v) is 4.16. The molecule has 0 atom stereocenters. The van der Waals surface area contributed by atoms with Crippen LogP contribution in [-0.4, -0.2) is 23.1 Å². The fourth-order valence-corrected chi connectivity index (χ4v) is 1.21. The van der Waals surface area contributed by atoms with Crippen molar-refractivity contribution >= 4 is 5.91 Å². The molecule has 0 aliphatic carbocycles. The van der Waals surface area contributed by atoms with E-state index in [4.69, 9.17) is 4.84 Å². The monoisotopic (exact) mass is 171 g/mol. The van der Waals surface area contributed by atoms with Crippen molar-refractivity contribution in [2.45, 2.75) is 45.6 Å². The van der Waals surface area contributed by atoms with Crippen molar-refractivity contribution in [3.8, 4) is 0 Å². The van der Waals surface area contributed by atoms with Crippen LogP contribution < -0.4 is 0 Å². The fourth-order valence-electron chi connectivity index (χ4n) is 1.21. The summed E-state index contributed by atoms with van der Waals surface area (Å²) in [5.74, 6) is 0.121. The normalized spacial score (nSPS) is 19.9. The molecule has 0 spiro atoms. The highest BCUT2D eigenvalue weighted by Crippen LogP contribution is 2.16. The van der Waals surface area contributed by atoms with Crippen LogP contribution in [0.4, 0.5) is 0 Å². The molecule has 0 saturated carbocycles. The molecule has 1 saturated heterocycles. The third kappa shape index (κ3) is 2.81. The van der Waals surface area contributed by atoms with Gasteiger partial charge in [-0.15, -0.1) is 0 Å². The molecule has 1 fully saturated rings. The highest BCUT2D eigenvalue weighted by Gasteiger charge is 2.23. The molecule has 0 aromatic carbocycles. The van der Waals surface area contributed by atoms with Crippen LogP contribution in [0.15, 0.2) is 0 Å². The molecule has 1 aliphatic heterocycles. The van der Waals surface area contributed by atoms with Gasteiger partial charge in [0.15, 0.2) is 0 Å². The molecule has 0 aromatic rings. The van der Waals surface area contributed by atoms with Gasteiger partial charge in [-0.2, -0.15) is 0 Å². The summed E-state index contributed by atoms with van der Waals surface area (Å²) < 4.78 is 0. The predicted molar refractivity (Wildman–Crippen MR) is 46.4 cm³/mol. The van der Waals surface area contributed by atoms with Gasteiger partial charge in [-0.25, -0.2) is 5.06 Å².